The fourth-order valence-corrected chi connectivity index (χ4v) is 1.65. The van der Waals surface area contributed by atoms with Crippen molar-refractivity contribution in [1.82, 2.24) is 0 Å². The maximum atomic E-state index is 3.95. The molecule has 0 spiro atoms. The molecule has 0 heterocycles. The molecule has 1 rings (SSSR count). The first-order chi connectivity index (χ1) is 4.43. The van der Waals surface area contributed by atoms with Gasteiger partial charge in [0.15, 0.2) is 0 Å². The SMILES string of the molecule is [CH2]CC1CCCCCC1. The van der Waals surface area contributed by atoms with Gasteiger partial charge in [-0.3, -0.25) is 0 Å². The molecule has 9 heavy (non-hydrogen) atoms. The molecule has 0 nitrogen and oxygen atoms in total. The summed E-state index contributed by atoms with van der Waals surface area (Å²) in [6, 6.07) is 0. The van der Waals surface area contributed by atoms with Gasteiger partial charge in [0.25, 0.3) is 0 Å². The standard InChI is InChI=1S/C9H17/c1-2-9-7-5-3-4-6-8-9/h9H,1-8H2. The van der Waals surface area contributed by atoms with Gasteiger partial charge in [0.1, 0.15) is 0 Å². The Balaban J connectivity index is 2.18. The van der Waals surface area contributed by atoms with Gasteiger partial charge in [-0.15, -0.1) is 0 Å². The van der Waals surface area contributed by atoms with Crippen LogP contribution < -0.4 is 0 Å². The molecule has 53 valence electrons. The van der Waals surface area contributed by atoms with Crippen molar-refractivity contribution in [3.63, 3.8) is 0 Å². The Morgan fingerprint density at radius 1 is 1.00 bits per heavy atom. The van der Waals surface area contributed by atoms with E-state index in [1.807, 2.05) is 0 Å². The highest BCUT2D eigenvalue weighted by molar-refractivity contribution is 4.64. The van der Waals surface area contributed by atoms with Gasteiger partial charge < -0.3 is 0 Å². The van der Waals surface area contributed by atoms with E-state index >= 15 is 0 Å². The molecule has 1 saturated carbocycles. The normalized spacial score (nSPS) is 23.7. The second-order valence-electron chi connectivity index (χ2n) is 3.15. The van der Waals surface area contributed by atoms with E-state index in [1.165, 1.54) is 44.9 Å². The lowest BCUT2D eigenvalue weighted by Crippen LogP contribution is -1.94. The minimum atomic E-state index is 0.965. The van der Waals surface area contributed by atoms with Crippen molar-refractivity contribution in [2.24, 2.45) is 5.92 Å². The van der Waals surface area contributed by atoms with E-state index in [0.717, 1.165) is 5.92 Å². The highest BCUT2D eigenvalue weighted by Gasteiger charge is 2.08. The summed E-state index contributed by atoms with van der Waals surface area (Å²) >= 11 is 0. The molecule has 0 unspecified atom stereocenters. The lowest BCUT2D eigenvalue weighted by Gasteiger charge is -2.08. The molecule has 0 saturated heterocycles. The van der Waals surface area contributed by atoms with Gasteiger partial charge in [-0.05, 0) is 5.92 Å². The van der Waals surface area contributed by atoms with E-state index in [2.05, 4.69) is 6.92 Å². The molecule has 0 aliphatic heterocycles. The predicted octanol–water partition coefficient (Wildman–Crippen LogP) is 3.18. The van der Waals surface area contributed by atoms with Crippen molar-refractivity contribution in [2.75, 3.05) is 0 Å². The van der Waals surface area contributed by atoms with E-state index in [4.69, 9.17) is 0 Å². The largest absolute Gasteiger partial charge is 0.0533 e. The topological polar surface area (TPSA) is 0 Å². The molecular weight excluding hydrogens is 108 g/mol. The lowest BCUT2D eigenvalue weighted by molar-refractivity contribution is 0.464. The van der Waals surface area contributed by atoms with Crippen LogP contribution >= 0.6 is 0 Å². The van der Waals surface area contributed by atoms with Crippen LogP contribution in [-0.4, -0.2) is 0 Å². The summed E-state index contributed by atoms with van der Waals surface area (Å²) in [5, 5.41) is 0. The maximum absolute atomic E-state index is 3.95. The first kappa shape index (κ1) is 7.11. The van der Waals surface area contributed by atoms with Crippen LogP contribution in [0.1, 0.15) is 44.9 Å². The molecular formula is C9H17. The van der Waals surface area contributed by atoms with Crippen molar-refractivity contribution in [2.45, 2.75) is 44.9 Å². The predicted molar refractivity (Wildman–Crippen MR) is 41.2 cm³/mol. The molecule has 0 N–H and O–H groups in total. The Kier molecular flexibility index (Phi) is 3.10. The molecule has 0 bridgehead atoms. The summed E-state index contributed by atoms with van der Waals surface area (Å²) in [5.41, 5.74) is 0. The Morgan fingerprint density at radius 3 is 2.00 bits per heavy atom. The zero-order valence-corrected chi connectivity index (χ0v) is 6.23. The molecule has 0 aromatic heterocycles. The smallest absolute Gasteiger partial charge is 0.0414 e. The maximum Gasteiger partial charge on any atom is -0.0414 e. The van der Waals surface area contributed by atoms with Crippen LogP contribution in [-0.2, 0) is 0 Å². The third-order valence-electron chi connectivity index (χ3n) is 2.38. The van der Waals surface area contributed by atoms with E-state index < -0.39 is 0 Å². The van der Waals surface area contributed by atoms with Crippen molar-refractivity contribution in [3.8, 4) is 0 Å². The fourth-order valence-electron chi connectivity index (χ4n) is 1.65. The molecule has 0 aromatic carbocycles. The molecule has 0 heteroatoms. The first-order valence-corrected chi connectivity index (χ1v) is 4.22. The van der Waals surface area contributed by atoms with Crippen LogP contribution in [0.5, 0.6) is 0 Å². The third kappa shape index (κ3) is 2.38. The summed E-state index contributed by atoms with van der Waals surface area (Å²) < 4.78 is 0. The Bertz CT molecular complexity index is 58.4. The van der Waals surface area contributed by atoms with Crippen molar-refractivity contribution < 1.29 is 0 Å². The van der Waals surface area contributed by atoms with Crippen LogP contribution in [0.15, 0.2) is 0 Å². The molecule has 0 atom stereocenters. The van der Waals surface area contributed by atoms with E-state index in [0.29, 0.717) is 0 Å². The highest BCUT2D eigenvalue weighted by atomic mass is 14.1. The van der Waals surface area contributed by atoms with E-state index in [-0.39, 0.29) is 0 Å². The van der Waals surface area contributed by atoms with Crippen molar-refractivity contribution in [3.05, 3.63) is 6.92 Å². The fraction of sp³-hybridized carbons (Fsp3) is 0.889. The first-order valence-electron chi connectivity index (χ1n) is 4.22. The Labute approximate surface area is 58.7 Å². The molecule has 1 aliphatic carbocycles. The van der Waals surface area contributed by atoms with E-state index in [9.17, 15) is 0 Å². The van der Waals surface area contributed by atoms with Gasteiger partial charge in [-0.2, -0.15) is 0 Å². The average Bonchev–Trinajstić information content (AvgIpc) is 2.13. The summed E-state index contributed by atoms with van der Waals surface area (Å²) in [7, 11) is 0. The third-order valence-corrected chi connectivity index (χ3v) is 2.38. The van der Waals surface area contributed by atoms with Gasteiger partial charge >= 0.3 is 0 Å². The minimum Gasteiger partial charge on any atom is -0.0533 e. The van der Waals surface area contributed by atoms with Crippen LogP contribution in [0.4, 0.5) is 0 Å². The van der Waals surface area contributed by atoms with Gasteiger partial charge in [0.05, 0.1) is 0 Å². The van der Waals surface area contributed by atoms with Crippen molar-refractivity contribution in [1.29, 1.82) is 0 Å². The minimum absolute atomic E-state index is 0.965. The summed E-state index contributed by atoms with van der Waals surface area (Å²) in [5.74, 6) is 0.965. The van der Waals surface area contributed by atoms with Crippen LogP contribution in [0.25, 0.3) is 0 Å². The summed E-state index contributed by atoms with van der Waals surface area (Å²) in [4.78, 5) is 0. The quantitative estimate of drug-likeness (QED) is 0.472. The van der Waals surface area contributed by atoms with Crippen LogP contribution in [0.3, 0.4) is 0 Å². The number of hydrogen-bond acceptors (Lipinski definition) is 0. The molecule has 0 aromatic rings. The zero-order valence-electron chi connectivity index (χ0n) is 6.23. The highest BCUT2D eigenvalue weighted by Crippen LogP contribution is 2.24. The number of rotatable bonds is 1. The molecule has 1 radical (unpaired) electrons. The van der Waals surface area contributed by atoms with Crippen molar-refractivity contribution >= 4 is 0 Å². The van der Waals surface area contributed by atoms with Gasteiger partial charge in [-0.1, -0.05) is 51.9 Å². The van der Waals surface area contributed by atoms with Crippen LogP contribution in [0, 0.1) is 12.8 Å². The number of hydrogen-bond donors (Lipinski definition) is 0. The van der Waals surface area contributed by atoms with Crippen LogP contribution in [0.2, 0.25) is 0 Å². The van der Waals surface area contributed by atoms with E-state index in [1.54, 1.807) is 0 Å². The monoisotopic (exact) mass is 125 g/mol. The Hall–Kier alpha value is 0. The second kappa shape index (κ2) is 3.92. The average molecular weight is 125 g/mol. The summed E-state index contributed by atoms with van der Waals surface area (Å²) in [6.45, 7) is 3.95. The molecule has 1 fully saturated rings. The molecule has 1 aliphatic rings. The zero-order chi connectivity index (χ0) is 6.53. The second-order valence-corrected chi connectivity index (χ2v) is 3.15. The lowest BCUT2D eigenvalue weighted by atomic mass is 9.98. The van der Waals surface area contributed by atoms with Gasteiger partial charge in [-0.25, -0.2) is 0 Å². The Morgan fingerprint density at radius 2 is 1.56 bits per heavy atom. The summed E-state index contributed by atoms with van der Waals surface area (Å²) in [6.07, 6.45) is 9.92. The molecule has 0 amide bonds. The van der Waals surface area contributed by atoms with Gasteiger partial charge in [0, 0.05) is 0 Å². The van der Waals surface area contributed by atoms with Gasteiger partial charge in [0.2, 0.25) is 0 Å².